The van der Waals surface area contributed by atoms with Gasteiger partial charge in [0.1, 0.15) is 0 Å². The Morgan fingerprint density at radius 1 is 0.871 bits per heavy atom. The van der Waals surface area contributed by atoms with E-state index in [0.29, 0.717) is 36.9 Å². The quantitative estimate of drug-likeness (QED) is 0.636. The summed E-state index contributed by atoms with van der Waals surface area (Å²) in [5, 5.41) is 2.99. The Morgan fingerprint density at radius 2 is 1.42 bits per heavy atom. The number of carbonyl (C=O) groups is 2. The van der Waals surface area contributed by atoms with Crippen LogP contribution in [-0.4, -0.2) is 54.8 Å². The van der Waals surface area contributed by atoms with Gasteiger partial charge in [-0.3, -0.25) is 9.59 Å². The summed E-state index contributed by atoms with van der Waals surface area (Å²) in [6.07, 6.45) is 9.09. The number of hydrogen-bond acceptors (Lipinski definition) is 4. The van der Waals surface area contributed by atoms with Crippen LogP contribution >= 0.6 is 0 Å². The second-order valence-corrected chi connectivity index (χ2v) is 13.6. The molecule has 3 saturated carbocycles. The molecule has 3 aliphatic rings. The van der Waals surface area contributed by atoms with Crippen molar-refractivity contribution >= 4 is 21.7 Å². The normalized spacial score (nSPS) is 29.9. The van der Waals surface area contributed by atoms with Crippen molar-refractivity contribution in [3.05, 3.63) is 0 Å². The Bertz CT molecular complexity index is 738. The van der Waals surface area contributed by atoms with Crippen LogP contribution in [0.1, 0.15) is 91.4 Å². The third-order valence-corrected chi connectivity index (χ3v) is 10.1. The molecule has 0 aromatic heterocycles. The largest absolute Gasteiger partial charge is 0.353 e. The molecule has 0 radical (unpaired) electrons. The summed E-state index contributed by atoms with van der Waals surface area (Å²) in [5.41, 5.74) is -0.168. The first-order valence-electron chi connectivity index (χ1n) is 12.2. The Balaban J connectivity index is 1.36. The summed E-state index contributed by atoms with van der Waals surface area (Å²) in [7, 11) is -1.08. The predicted molar refractivity (Wildman–Crippen MR) is 123 cm³/mol. The van der Waals surface area contributed by atoms with Crippen LogP contribution < -0.4 is 5.32 Å². The second kappa shape index (κ2) is 9.80. The molecule has 0 heterocycles. The van der Waals surface area contributed by atoms with Crippen LogP contribution in [0.4, 0.5) is 0 Å². The first-order valence-corrected chi connectivity index (χ1v) is 14.0. The van der Waals surface area contributed by atoms with Gasteiger partial charge in [0.25, 0.3) is 0 Å². The lowest BCUT2D eigenvalue weighted by Crippen LogP contribution is -2.47. The Labute approximate surface area is 188 Å². The Kier molecular flexibility index (Phi) is 7.75. The van der Waals surface area contributed by atoms with Crippen LogP contribution in [0.15, 0.2) is 0 Å². The Hall–Kier alpha value is -1.11. The van der Waals surface area contributed by atoms with Gasteiger partial charge < -0.3 is 10.2 Å². The third-order valence-electron chi connectivity index (χ3n) is 7.72. The van der Waals surface area contributed by atoms with E-state index in [1.807, 2.05) is 32.7 Å². The van der Waals surface area contributed by atoms with Gasteiger partial charge in [0, 0.05) is 31.0 Å². The number of carbonyl (C=O) groups excluding carboxylic acids is 2. The number of nitrogens with zero attached hydrogens (tertiary/aromatic N) is 1. The third kappa shape index (κ3) is 6.93. The molecule has 3 fully saturated rings. The summed E-state index contributed by atoms with van der Waals surface area (Å²) in [4.78, 5) is 27.1. The molecule has 2 amide bonds. The SMILES string of the molecule is CN(C(=O)C1CCC(NC(=O)CC2CCC(S(=O)(=O)CC3CC3)CC2)CC1)C(C)(C)C. The average molecular weight is 455 g/mol. The van der Waals surface area contributed by atoms with Gasteiger partial charge in [0.15, 0.2) is 9.84 Å². The summed E-state index contributed by atoms with van der Waals surface area (Å²) in [5.74, 6) is 1.44. The molecule has 31 heavy (non-hydrogen) atoms. The zero-order chi connectivity index (χ0) is 22.8. The van der Waals surface area contributed by atoms with Gasteiger partial charge in [0.2, 0.25) is 11.8 Å². The minimum atomic E-state index is -2.95. The van der Waals surface area contributed by atoms with E-state index in [-0.39, 0.29) is 34.6 Å². The highest BCUT2D eigenvalue weighted by molar-refractivity contribution is 7.92. The topological polar surface area (TPSA) is 83.6 Å². The fraction of sp³-hybridized carbons (Fsp3) is 0.917. The number of amides is 2. The van der Waals surface area contributed by atoms with Gasteiger partial charge in [-0.1, -0.05) is 0 Å². The molecule has 7 heteroatoms. The van der Waals surface area contributed by atoms with E-state index in [2.05, 4.69) is 5.32 Å². The first kappa shape index (κ1) is 24.5. The van der Waals surface area contributed by atoms with Crippen molar-refractivity contribution in [2.75, 3.05) is 12.8 Å². The maximum atomic E-state index is 12.7. The minimum Gasteiger partial charge on any atom is -0.353 e. The van der Waals surface area contributed by atoms with Gasteiger partial charge in [-0.25, -0.2) is 8.42 Å². The molecule has 0 aromatic carbocycles. The molecule has 0 saturated heterocycles. The highest BCUT2D eigenvalue weighted by Crippen LogP contribution is 2.36. The van der Waals surface area contributed by atoms with Gasteiger partial charge in [-0.15, -0.1) is 0 Å². The molecule has 0 spiro atoms. The zero-order valence-electron chi connectivity index (χ0n) is 19.9. The van der Waals surface area contributed by atoms with Crippen molar-refractivity contribution in [3.63, 3.8) is 0 Å². The maximum absolute atomic E-state index is 12.7. The van der Waals surface area contributed by atoms with Crippen molar-refractivity contribution in [2.24, 2.45) is 17.8 Å². The molecular formula is C24H42N2O4S. The fourth-order valence-electron chi connectivity index (χ4n) is 5.08. The molecular weight excluding hydrogens is 412 g/mol. The molecule has 6 nitrogen and oxygen atoms in total. The molecule has 3 aliphatic carbocycles. The van der Waals surface area contributed by atoms with E-state index in [4.69, 9.17) is 0 Å². The van der Waals surface area contributed by atoms with E-state index in [0.717, 1.165) is 51.4 Å². The van der Waals surface area contributed by atoms with Crippen molar-refractivity contribution in [3.8, 4) is 0 Å². The molecule has 0 bridgehead atoms. The first-order chi connectivity index (χ1) is 14.5. The fourth-order valence-corrected chi connectivity index (χ4v) is 7.34. The molecule has 178 valence electrons. The average Bonchev–Trinajstić information content (AvgIpc) is 3.50. The standard InChI is InChI=1S/C24H42N2O4S/c1-24(2,3)26(4)23(28)19-9-11-20(12-10-19)25-22(27)15-17-7-13-21(14-8-17)31(29,30)16-18-5-6-18/h17-21H,5-16H2,1-4H3,(H,25,27). The predicted octanol–water partition coefficient (Wildman–Crippen LogP) is 3.69. The van der Waals surface area contributed by atoms with Crippen LogP contribution in [-0.2, 0) is 19.4 Å². The van der Waals surface area contributed by atoms with Crippen molar-refractivity contribution < 1.29 is 18.0 Å². The summed E-state index contributed by atoms with van der Waals surface area (Å²) in [6, 6.07) is 0.159. The summed E-state index contributed by atoms with van der Waals surface area (Å²) < 4.78 is 25.0. The minimum absolute atomic E-state index is 0.0604. The lowest BCUT2D eigenvalue weighted by atomic mass is 9.83. The smallest absolute Gasteiger partial charge is 0.225 e. The maximum Gasteiger partial charge on any atom is 0.225 e. The lowest BCUT2D eigenvalue weighted by molar-refractivity contribution is -0.139. The molecule has 0 unspecified atom stereocenters. The monoisotopic (exact) mass is 454 g/mol. The van der Waals surface area contributed by atoms with Crippen molar-refractivity contribution in [1.82, 2.24) is 10.2 Å². The molecule has 1 N–H and O–H groups in total. The number of nitrogens with one attached hydrogen (secondary N) is 1. The summed E-state index contributed by atoms with van der Waals surface area (Å²) >= 11 is 0. The van der Waals surface area contributed by atoms with Gasteiger partial charge in [-0.05, 0) is 96.8 Å². The number of hydrogen-bond donors (Lipinski definition) is 1. The second-order valence-electron chi connectivity index (χ2n) is 11.3. The summed E-state index contributed by atoms with van der Waals surface area (Å²) in [6.45, 7) is 6.15. The number of rotatable bonds is 7. The van der Waals surface area contributed by atoms with Crippen LogP contribution in [0, 0.1) is 17.8 Å². The molecule has 0 aliphatic heterocycles. The van der Waals surface area contributed by atoms with E-state index in [1.165, 1.54) is 0 Å². The zero-order valence-corrected chi connectivity index (χ0v) is 20.7. The molecule has 0 atom stereocenters. The van der Waals surface area contributed by atoms with E-state index < -0.39 is 9.84 Å². The number of sulfone groups is 1. The van der Waals surface area contributed by atoms with Crippen LogP contribution in [0.25, 0.3) is 0 Å². The molecule has 0 aromatic rings. The van der Waals surface area contributed by atoms with Gasteiger partial charge >= 0.3 is 0 Å². The van der Waals surface area contributed by atoms with Gasteiger partial charge in [0.05, 0.1) is 11.0 Å². The van der Waals surface area contributed by atoms with Crippen LogP contribution in [0.3, 0.4) is 0 Å². The van der Waals surface area contributed by atoms with E-state index in [1.54, 1.807) is 0 Å². The molecule has 3 rings (SSSR count). The van der Waals surface area contributed by atoms with Crippen molar-refractivity contribution in [2.45, 2.75) is 108 Å². The van der Waals surface area contributed by atoms with E-state index in [9.17, 15) is 18.0 Å². The van der Waals surface area contributed by atoms with Crippen molar-refractivity contribution in [1.29, 1.82) is 0 Å². The van der Waals surface area contributed by atoms with E-state index >= 15 is 0 Å². The Morgan fingerprint density at radius 3 is 1.94 bits per heavy atom. The van der Waals surface area contributed by atoms with Crippen LogP contribution in [0.5, 0.6) is 0 Å². The highest BCUT2D eigenvalue weighted by atomic mass is 32.2. The van der Waals surface area contributed by atoms with Gasteiger partial charge in [-0.2, -0.15) is 0 Å². The van der Waals surface area contributed by atoms with Crippen LogP contribution in [0.2, 0.25) is 0 Å². The highest BCUT2D eigenvalue weighted by Gasteiger charge is 2.36. The lowest BCUT2D eigenvalue weighted by Gasteiger charge is -2.37.